The highest BCUT2D eigenvalue weighted by Gasteiger charge is 2.21. The smallest absolute Gasteiger partial charge is 0.253 e. The number of sulfonamides is 1. The van der Waals surface area contributed by atoms with Crippen molar-refractivity contribution >= 4 is 45.0 Å². The highest BCUT2D eigenvalue weighted by atomic mass is 32.2. The predicted molar refractivity (Wildman–Crippen MR) is 114 cm³/mol. The van der Waals surface area contributed by atoms with Crippen molar-refractivity contribution in [3.8, 4) is 0 Å². The number of carbonyl (C=O) groups excluding carboxylic acids is 2. The number of rotatable bonds is 7. The van der Waals surface area contributed by atoms with E-state index in [-0.39, 0.29) is 12.5 Å². The maximum atomic E-state index is 12.4. The monoisotopic (exact) mass is 421 g/mol. The second kappa shape index (κ2) is 9.11. The Bertz CT molecular complexity index is 957. The summed E-state index contributed by atoms with van der Waals surface area (Å²) >= 11 is 1.54. The third-order valence-electron chi connectivity index (χ3n) is 3.85. The quantitative estimate of drug-likeness (QED) is 0.694. The standard InChI is InChI=1S/C19H23N3O4S2/c1-21(2)19(24)14-8-10-16(11-9-14)22(28(4,25)26)13-18(23)20-15-6-5-7-17(12-15)27-3/h5-12H,13H2,1-4H3,(H,20,23). The van der Waals surface area contributed by atoms with E-state index in [1.165, 1.54) is 29.2 Å². The van der Waals surface area contributed by atoms with Crippen LogP contribution in [0.2, 0.25) is 0 Å². The lowest BCUT2D eigenvalue weighted by molar-refractivity contribution is -0.114. The van der Waals surface area contributed by atoms with Gasteiger partial charge in [-0.3, -0.25) is 13.9 Å². The van der Waals surface area contributed by atoms with Crippen molar-refractivity contribution in [3.05, 3.63) is 54.1 Å². The normalized spacial score (nSPS) is 11.0. The number of hydrogen-bond donors (Lipinski definition) is 1. The molecule has 0 unspecified atom stereocenters. The molecule has 0 atom stereocenters. The van der Waals surface area contributed by atoms with E-state index in [4.69, 9.17) is 0 Å². The Morgan fingerprint density at radius 2 is 1.71 bits per heavy atom. The zero-order valence-electron chi connectivity index (χ0n) is 16.2. The molecule has 28 heavy (non-hydrogen) atoms. The lowest BCUT2D eigenvalue weighted by Gasteiger charge is -2.22. The van der Waals surface area contributed by atoms with E-state index < -0.39 is 15.9 Å². The van der Waals surface area contributed by atoms with Crippen molar-refractivity contribution in [2.45, 2.75) is 4.90 Å². The maximum Gasteiger partial charge on any atom is 0.253 e. The zero-order valence-corrected chi connectivity index (χ0v) is 17.8. The number of anilines is 2. The van der Waals surface area contributed by atoms with Crippen LogP contribution in [0.1, 0.15) is 10.4 Å². The Kier molecular flexibility index (Phi) is 7.09. The molecule has 0 heterocycles. The molecule has 2 aromatic carbocycles. The molecule has 0 aliphatic heterocycles. The SMILES string of the molecule is CSc1cccc(NC(=O)CN(c2ccc(C(=O)N(C)C)cc2)S(C)(=O)=O)c1. The molecule has 0 aromatic heterocycles. The second-order valence-electron chi connectivity index (χ2n) is 6.30. The molecule has 2 rings (SSSR count). The molecule has 0 radical (unpaired) electrons. The van der Waals surface area contributed by atoms with Gasteiger partial charge in [0.1, 0.15) is 6.54 Å². The molecule has 0 aliphatic rings. The van der Waals surface area contributed by atoms with E-state index in [0.29, 0.717) is 16.9 Å². The van der Waals surface area contributed by atoms with Gasteiger partial charge in [0, 0.05) is 30.2 Å². The number of hydrogen-bond acceptors (Lipinski definition) is 5. The molecule has 0 aliphatic carbocycles. The molecule has 0 spiro atoms. The summed E-state index contributed by atoms with van der Waals surface area (Å²) in [6.07, 6.45) is 2.96. The summed E-state index contributed by atoms with van der Waals surface area (Å²) in [4.78, 5) is 26.8. The van der Waals surface area contributed by atoms with Gasteiger partial charge in [-0.2, -0.15) is 0 Å². The van der Waals surface area contributed by atoms with Crippen LogP contribution in [0.25, 0.3) is 0 Å². The molecule has 0 saturated carbocycles. The Morgan fingerprint density at radius 1 is 1.07 bits per heavy atom. The molecule has 2 amide bonds. The summed E-state index contributed by atoms with van der Waals surface area (Å²) in [5, 5.41) is 2.71. The van der Waals surface area contributed by atoms with Gasteiger partial charge in [-0.15, -0.1) is 11.8 Å². The summed E-state index contributed by atoms with van der Waals surface area (Å²) in [6, 6.07) is 13.4. The second-order valence-corrected chi connectivity index (χ2v) is 9.08. The average molecular weight is 422 g/mol. The summed E-state index contributed by atoms with van der Waals surface area (Å²) in [5.41, 5.74) is 1.34. The van der Waals surface area contributed by atoms with Gasteiger partial charge in [0.25, 0.3) is 5.91 Å². The van der Waals surface area contributed by atoms with Crippen molar-refractivity contribution in [1.82, 2.24) is 4.90 Å². The molecule has 0 fully saturated rings. The fourth-order valence-electron chi connectivity index (χ4n) is 2.46. The van der Waals surface area contributed by atoms with Gasteiger partial charge in [-0.1, -0.05) is 6.07 Å². The van der Waals surface area contributed by atoms with Gasteiger partial charge in [-0.25, -0.2) is 8.42 Å². The van der Waals surface area contributed by atoms with E-state index in [2.05, 4.69) is 5.32 Å². The Balaban J connectivity index is 2.20. The maximum absolute atomic E-state index is 12.4. The van der Waals surface area contributed by atoms with Crippen LogP contribution in [0.4, 0.5) is 11.4 Å². The van der Waals surface area contributed by atoms with Crippen LogP contribution < -0.4 is 9.62 Å². The zero-order chi connectivity index (χ0) is 20.9. The lowest BCUT2D eigenvalue weighted by Crippen LogP contribution is -2.37. The average Bonchev–Trinajstić information content (AvgIpc) is 2.65. The first-order valence-electron chi connectivity index (χ1n) is 8.35. The molecular formula is C19H23N3O4S2. The molecule has 9 heteroatoms. The number of carbonyl (C=O) groups is 2. The van der Waals surface area contributed by atoms with Crippen LogP contribution in [0, 0.1) is 0 Å². The van der Waals surface area contributed by atoms with E-state index in [0.717, 1.165) is 15.5 Å². The third-order valence-corrected chi connectivity index (χ3v) is 5.72. The topological polar surface area (TPSA) is 86.8 Å². The fourth-order valence-corrected chi connectivity index (χ4v) is 3.78. The number of benzene rings is 2. The summed E-state index contributed by atoms with van der Waals surface area (Å²) in [7, 11) is -0.426. The lowest BCUT2D eigenvalue weighted by atomic mass is 10.2. The predicted octanol–water partition coefficient (Wildman–Crippen LogP) is 2.52. The Morgan fingerprint density at radius 3 is 2.25 bits per heavy atom. The first-order chi connectivity index (χ1) is 13.1. The molecule has 150 valence electrons. The van der Waals surface area contributed by atoms with Crippen molar-refractivity contribution in [2.75, 3.05) is 42.8 Å². The first-order valence-corrected chi connectivity index (χ1v) is 11.4. The molecule has 2 aromatic rings. The largest absolute Gasteiger partial charge is 0.345 e. The van der Waals surface area contributed by atoms with Gasteiger partial charge >= 0.3 is 0 Å². The highest BCUT2D eigenvalue weighted by Crippen LogP contribution is 2.21. The Hall–Kier alpha value is -2.52. The summed E-state index contributed by atoms with van der Waals surface area (Å²) < 4.78 is 25.4. The van der Waals surface area contributed by atoms with E-state index in [1.54, 1.807) is 31.9 Å². The molecule has 0 bridgehead atoms. The van der Waals surface area contributed by atoms with E-state index in [1.807, 2.05) is 24.5 Å². The minimum absolute atomic E-state index is 0.191. The number of thioether (sulfide) groups is 1. The van der Waals surface area contributed by atoms with Crippen LogP contribution >= 0.6 is 11.8 Å². The minimum Gasteiger partial charge on any atom is -0.345 e. The van der Waals surface area contributed by atoms with Crippen molar-refractivity contribution in [1.29, 1.82) is 0 Å². The van der Waals surface area contributed by atoms with Crippen LogP contribution in [-0.2, 0) is 14.8 Å². The van der Waals surface area contributed by atoms with Gasteiger partial charge in [0.2, 0.25) is 15.9 Å². The van der Waals surface area contributed by atoms with Crippen molar-refractivity contribution in [2.24, 2.45) is 0 Å². The van der Waals surface area contributed by atoms with Crippen LogP contribution in [0.5, 0.6) is 0 Å². The van der Waals surface area contributed by atoms with Gasteiger partial charge in [-0.05, 0) is 48.7 Å². The van der Waals surface area contributed by atoms with Crippen LogP contribution in [0.15, 0.2) is 53.4 Å². The van der Waals surface area contributed by atoms with E-state index in [9.17, 15) is 18.0 Å². The summed E-state index contributed by atoms with van der Waals surface area (Å²) in [5.74, 6) is -0.652. The molecule has 1 N–H and O–H groups in total. The summed E-state index contributed by atoms with van der Waals surface area (Å²) in [6.45, 7) is -0.372. The van der Waals surface area contributed by atoms with Gasteiger partial charge < -0.3 is 10.2 Å². The van der Waals surface area contributed by atoms with Crippen LogP contribution in [0.3, 0.4) is 0 Å². The van der Waals surface area contributed by atoms with Gasteiger partial charge in [0.05, 0.1) is 11.9 Å². The van der Waals surface area contributed by atoms with Crippen molar-refractivity contribution < 1.29 is 18.0 Å². The molecule has 7 nitrogen and oxygen atoms in total. The van der Waals surface area contributed by atoms with Crippen molar-refractivity contribution in [3.63, 3.8) is 0 Å². The third kappa shape index (κ3) is 5.74. The highest BCUT2D eigenvalue weighted by molar-refractivity contribution is 7.98. The Labute approximate surface area is 169 Å². The molecule has 0 saturated heterocycles. The molecular weight excluding hydrogens is 398 g/mol. The number of nitrogens with zero attached hydrogens (tertiary/aromatic N) is 2. The van der Waals surface area contributed by atoms with E-state index >= 15 is 0 Å². The number of nitrogens with one attached hydrogen (secondary N) is 1. The number of amides is 2. The van der Waals surface area contributed by atoms with Gasteiger partial charge in [0.15, 0.2) is 0 Å². The first kappa shape index (κ1) is 21.8. The minimum atomic E-state index is -3.69. The van der Waals surface area contributed by atoms with Crippen LogP contribution in [-0.4, -0.2) is 58.3 Å². The fraction of sp³-hybridized carbons (Fsp3) is 0.263.